The fourth-order valence-electron chi connectivity index (χ4n) is 2.83. The van der Waals surface area contributed by atoms with Crippen LogP contribution in [0.4, 0.5) is 9.52 Å². The van der Waals surface area contributed by atoms with Gasteiger partial charge in [0.2, 0.25) is 0 Å². The van der Waals surface area contributed by atoms with E-state index < -0.39 is 5.82 Å². The number of aromatic nitrogens is 1. The van der Waals surface area contributed by atoms with Gasteiger partial charge in [0.25, 0.3) is 5.91 Å². The quantitative estimate of drug-likeness (QED) is 0.459. The molecular weight excluding hydrogens is 441 g/mol. The second kappa shape index (κ2) is 11.1. The minimum absolute atomic E-state index is 0. The van der Waals surface area contributed by atoms with Crippen molar-refractivity contribution in [3.05, 3.63) is 53.9 Å². The third-order valence-corrected chi connectivity index (χ3v) is 5.50. The average Bonchev–Trinajstić information content (AvgIpc) is 3.17. The second-order valence-corrected chi connectivity index (χ2v) is 7.83. The van der Waals surface area contributed by atoms with Crippen molar-refractivity contribution < 1.29 is 18.7 Å². The van der Waals surface area contributed by atoms with E-state index >= 15 is 0 Å². The van der Waals surface area contributed by atoms with Crippen LogP contribution in [0.1, 0.15) is 5.56 Å². The molecule has 0 saturated carbocycles. The standard InChI is InChI=1S/C22H24FN3O3S.ClH/c1-25(2)12-13-26(22-24-21-16(23)6-5-7-19(21)30-22)20(27)11-9-15-8-10-17(28-3)18(14-15)29-4;/h5-11,14H,12-13H2,1-4H3;1H. The normalized spacial score (nSPS) is 11.0. The van der Waals surface area contributed by atoms with Crippen molar-refractivity contribution in [2.45, 2.75) is 0 Å². The van der Waals surface area contributed by atoms with Gasteiger partial charge in [-0.25, -0.2) is 9.37 Å². The lowest BCUT2D eigenvalue weighted by Gasteiger charge is -2.20. The highest BCUT2D eigenvalue weighted by molar-refractivity contribution is 7.22. The molecule has 3 aromatic rings. The van der Waals surface area contributed by atoms with Gasteiger partial charge in [0.15, 0.2) is 16.6 Å². The molecule has 0 atom stereocenters. The van der Waals surface area contributed by atoms with E-state index in [4.69, 9.17) is 9.47 Å². The van der Waals surface area contributed by atoms with Crippen LogP contribution < -0.4 is 14.4 Å². The molecule has 2 aromatic carbocycles. The molecule has 1 amide bonds. The van der Waals surface area contributed by atoms with Gasteiger partial charge >= 0.3 is 0 Å². The second-order valence-electron chi connectivity index (χ2n) is 6.82. The Morgan fingerprint density at radius 3 is 2.52 bits per heavy atom. The van der Waals surface area contributed by atoms with Crippen molar-refractivity contribution in [2.24, 2.45) is 0 Å². The van der Waals surface area contributed by atoms with Crippen LogP contribution in [0.25, 0.3) is 16.3 Å². The number of hydrogen-bond donors (Lipinski definition) is 0. The van der Waals surface area contributed by atoms with Crippen molar-refractivity contribution in [3.63, 3.8) is 0 Å². The first kappa shape index (κ1) is 24.6. The molecule has 166 valence electrons. The first-order valence-corrected chi connectivity index (χ1v) is 10.2. The Kier molecular flexibility index (Phi) is 8.79. The molecule has 0 spiro atoms. The summed E-state index contributed by atoms with van der Waals surface area (Å²) in [5, 5.41) is 0.471. The van der Waals surface area contributed by atoms with Gasteiger partial charge in [-0.2, -0.15) is 0 Å². The Hall–Kier alpha value is -2.68. The number of carbonyl (C=O) groups excluding carboxylic acids is 1. The smallest absolute Gasteiger partial charge is 0.252 e. The number of para-hydroxylation sites is 1. The summed E-state index contributed by atoms with van der Waals surface area (Å²) in [6.45, 7) is 1.08. The molecule has 31 heavy (non-hydrogen) atoms. The molecule has 0 bridgehead atoms. The minimum Gasteiger partial charge on any atom is -0.493 e. The molecule has 0 radical (unpaired) electrons. The number of halogens is 2. The fraction of sp³-hybridized carbons (Fsp3) is 0.273. The minimum atomic E-state index is -0.393. The Morgan fingerprint density at radius 1 is 1.13 bits per heavy atom. The van der Waals surface area contributed by atoms with Crippen LogP contribution in [0, 0.1) is 5.82 Å². The maximum atomic E-state index is 14.1. The number of methoxy groups -OCH3 is 2. The van der Waals surface area contributed by atoms with Gasteiger partial charge in [-0.15, -0.1) is 12.4 Å². The van der Waals surface area contributed by atoms with Crippen molar-refractivity contribution >= 4 is 51.1 Å². The molecule has 0 saturated heterocycles. The van der Waals surface area contributed by atoms with E-state index in [-0.39, 0.29) is 23.8 Å². The number of fused-ring (bicyclic) bond motifs is 1. The molecule has 0 aliphatic carbocycles. The summed E-state index contributed by atoms with van der Waals surface area (Å²) in [4.78, 5) is 20.9. The first-order chi connectivity index (χ1) is 14.4. The van der Waals surface area contributed by atoms with E-state index in [0.29, 0.717) is 34.4 Å². The maximum absolute atomic E-state index is 14.1. The Labute approximate surface area is 191 Å². The number of amides is 1. The van der Waals surface area contributed by atoms with Gasteiger partial charge < -0.3 is 14.4 Å². The van der Waals surface area contributed by atoms with Gasteiger partial charge in [-0.05, 0) is 50.0 Å². The molecule has 0 unspecified atom stereocenters. The summed E-state index contributed by atoms with van der Waals surface area (Å²) in [5.41, 5.74) is 1.08. The van der Waals surface area contributed by atoms with Crippen molar-refractivity contribution in [1.82, 2.24) is 9.88 Å². The largest absolute Gasteiger partial charge is 0.493 e. The van der Waals surface area contributed by atoms with Crippen molar-refractivity contribution in [2.75, 3.05) is 46.3 Å². The zero-order valence-electron chi connectivity index (χ0n) is 17.8. The average molecular weight is 466 g/mol. The van der Waals surface area contributed by atoms with E-state index in [1.807, 2.05) is 25.1 Å². The van der Waals surface area contributed by atoms with Gasteiger partial charge in [0.1, 0.15) is 11.3 Å². The van der Waals surface area contributed by atoms with Crippen LogP contribution in [-0.4, -0.2) is 57.2 Å². The van der Waals surface area contributed by atoms with Crippen LogP contribution in [0.15, 0.2) is 42.5 Å². The predicted octanol–water partition coefficient (Wildman–Crippen LogP) is 4.48. The Morgan fingerprint density at radius 2 is 1.87 bits per heavy atom. The SMILES string of the molecule is COc1ccc(C=CC(=O)N(CCN(C)C)c2nc3c(F)cccc3s2)cc1OC.Cl. The lowest BCUT2D eigenvalue weighted by Crippen LogP contribution is -2.35. The van der Waals surface area contributed by atoms with Crippen LogP contribution in [0.2, 0.25) is 0 Å². The molecule has 0 aliphatic rings. The molecule has 3 rings (SSSR count). The highest BCUT2D eigenvalue weighted by atomic mass is 35.5. The van der Waals surface area contributed by atoms with Crippen LogP contribution >= 0.6 is 23.7 Å². The summed E-state index contributed by atoms with van der Waals surface area (Å²) in [6, 6.07) is 10.2. The zero-order valence-corrected chi connectivity index (χ0v) is 19.4. The lowest BCUT2D eigenvalue weighted by atomic mass is 10.2. The summed E-state index contributed by atoms with van der Waals surface area (Å²) >= 11 is 1.30. The van der Waals surface area contributed by atoms with Gasteiger partial charge in [0.05, 0.1) is 18.9 Å². The molecular formula is C22H25ClFN3O3S. The maximum Gasteiger partial charge on any atom is 0.252 e. The number of anilines is 1. The number of hydrogen-bond acceptors (Lipinski definition) is 6. The van der Waals surface area contributed by atoms with E-state index in [0.717, 1.165) is 5.56 Å². The molecule has 0 aliphatic heterocycles. The molecule has 9 heteroatoms. The van der Waals surface area contributed by atoms with Crippen LogP contribution in [0.3, 0.4) is 0 Å². The number of rotatable bonds is 8. The molecule has 1 heterocycles. The number of ether oxygens (including phenoxy) is 2. The van der Waals surface area contributed by atoms with Gasteiger partial charge in [-0.1, -0.05) is 23.5 Å². The summed E-state index contributed by atoms with van der Waals surface area (Å²) < 4.78 is 25.3. The monoisotopic (exact) mass is 465 g/mol. The third-order valence-electron chi connectivity index (χ3n) is 4.45. The molecule has 0 N–H and O–H groups in total. The topological polar surface area (TPSA) is 54.9 Å². The summed E-state index contributed by atoms with van der Waals surface area (Å²) in [7, 11) is 6.99. The first-order valence-electron chi connectivity index (χ1n) is 9.34. The predicted molar refractivity (Wildman–Crippen MR) is 126 cm³/mol. The fourth-order valence-corrected chi connectivity index (χ4v) is 3.84. The number of nitrogens with zero attached hydrogens (tertiary/aromatic N) is 3. The van der Waals surface area contributed by atoms with Gasteiger partial charge in [-0.3, -0.25) is 9.69 Å². The van der Waals surface area contributed by atoms with Crippen molar-refractivity contribution in [1.29, 1.82) is 0 Å². The van der Waals surface area contributed by atoms with Gasteiger partial charge in [0, 0.05) is 19.2 Å². The number of likely N-dealkylation sites (N-methyl/N-ethyl adjacent to an activating group) is 1. The van der Waals surface area contributed by atoms with E-state index in [1.54, 1.807) is 49.5 Å². The molecule has 6 nitrogen and oxygen atoms in total. The summed E-state index contributed by atoms with van der Waals surface area (Å²) in [5.74, 6) is 0.574. The molecule has 1 aromatic heterocycles. The van der Waals surface area contributed by atoms with E-state index in [1.165, 1.54) is 23.5 Å². The highest BCUT2D eigenvalue weighted by Crippen LogP contribution is 2.31. The van der Waals surface area contributed by atoms with Crippen molar-refractivity contribution in [3.8, 4) is 11.5 Å². The Balaban J connectivity index is 0.00000341. The number of carbonyl (C=O) groups is 1. The van der Waals surface area contributed by atoms with Crippen LogP contribution in [0.5, 0.6) is 11.5 Å². The highest BCUT2D eigenvalue weighted by Gasteiger charge is 2.19. The third kappa shape index (κ3) is 5.94. The molecule has 0 fully saturated rings. The zero-order chi connectivity index (χ0) is 21.7. The Bertz CT molecular complexity index is 1070. The number of thiazole rings is 1. The number of benzene rings is 2. The van der Waals surface area contributed by atoms with Crippen LogP contribution in [-0.2, 0) is 4.79 Å². The summed E-state index contributed by atoms with van der Waals surface area (Å²) in [6.07, 6.45) is 3.19. The van der Waals surface area contributed by atoms with E-state index in [9.17, 15) is 9.18 Å². The van der Waals surface area contributed by atoms with E-state index in [2.05, 4.69) is 4.98 Å². The lowest BCUT2D eigenvalue weighted by molar-refractivity contribution is -0.114.